The zero-order valence-electron chi connectivity index (χ0n) is 13.1. The fourth-order valence-corrected chi connectivity index (χ4v) is 3.57. The van der Waals surface area contributed by atoms with Gasteiger partial charge >= 0.3 is 5.97 Å². The lowest BCUT2D eigenvalue weighted by atomic mass is 9.67. The predicted molar refractivity (Wildman–Crippen MR) is 81.3 cm³/mol. The van der Waals surface area contributed by atoms with E-state index in [1.54, 1.807) is 14.2 Å². The van der Waals surface area contributed by atoms with Crippen molar-refractivity contribution in [1.82, 2.24) is 0 Å². The summed E-state index contributed by atoms with van der Waals surface area (Å²) in [6.07, 6.45) is 5.04. The van der Waals surface area contributed by atoms with Gasteiger partial charge in [0.25, 0.3) is 0 Å². The molecule has 1 aromatic rings. The molecule has 0 bridgehead atoms. The topological polar surface area (TPSA) is 55.8 Å². The highest BCUT2D eigenvalue weighted by Crippen LogP contribution is 2.47. The molecular formula is C17H24O4. The molecule has 2 rings (SSSR count). The third-order valence-electron chi connectivity index (χ3n) is 4.62. The second-order valence-electron chi connectivity index (χ2n) is 5.63. The van der Waals surface area contributed by atoms with Gasteiger partial charge in [-0.05, 0) is 31.4 Å². The Morgan fingerprint density at radius 1 is 1.14 bits per heavy atom. The number of ether oxygens (including phenoxy) is 2. The number of carbonyl (C=O) groups is 1. The van der Waals surface area contributed by atoms with Gasteiger partial charge in [-0.2, -0.15) is 0 Å². The predicted octanol–water partition coefficient (Wildman–Crippen LogP) is 3.55. The summed E-state index contributed by atoms with van der Waals surface area (Å²) in [4.78, 5) is 12.1. The van der Waals surface area contributed by atoms with Crippen LogP contribution in [0.3, 0.4) is 0 Å². The maximum atomic E-state index is 12.1. The molecule has 1 N–H and O–H groups in total. The summed E-state index contributed by atoms with van der Waals surface area (Å²) in [5, 5.41) is 9.95. The van der Waals surface area contributed by atoms with Crippen LogP contribution in [0.15, 0.2) is 12.1 Å². The minimum atomic E-state index is -0.844. The number of carboxylic acids is 1. The lowest BCUT2D eigenvalue weighted by molar-refractivity contribution is -0.145. The van der Waals surface area contributed by atoms with Crippen molar-refractivity contribution in [3.05, 3.63) is 23.3 Å². The first-order valence-electron chi connectivity index (χ1n) is 7.58. The highest BCUT2D eigenvalue weighted by atomic mass is 16.5. The first-order valence-corrected chi connectivity index (χ1v) is 7.58. The molecule has 0 spiro atoms. The normalized spacial score (nSPS) is 17.3. The molecule has 0 unspecified atom stereocenters. The molecule has 1 aliphatic carbocycles. The zero-order valence-corrected chi connectivity index (χ0v) is 13.1. The monoisotopic (exact) mass is 292 g/mol. The number of methoxy groups -OCH3 is 2. The number of hydrogen-bond acceptors (Lipinski definition) is 3. The molecule has 4 nitrogen and oxygen atoms in total. The van der Waals surface area contributed by atoms with Gasteiger partial charge in [-0.15, -0.1) is 0 Å². The molecule has 1 fully saturated rings. The van der Waals surface area contributed by atoms with Crippen LogP contribution >= 0.6 is 0 Å². The van der Waals surface area contributed by atoms with Gasteiger partial charge in [0.2, 0.25) is 0 Å². The van der Waals surface area contributed by atoms with E-state index in [1.807, 2.05) is 19.1 Å². The number of carboxylic acid groups (broad SMARTS) is 1. The van der Waals surface area contributed by atoms with Gasteiger partial charge in [0.1, 0.15) is 11.5 Å². The Morgan fingerprint density at radius 3 is 2.19 bits per heavy atom. The largest absolute Gasteiger partial charge is 0.496 e. The Balaban J connectivity index is 2.70. The lowest BCUT2D eigenvalue weighted by Crippen LogP contribution is -2.39. The average molecular weight is 292 g/mol. The van der Waals surface area contributed by atoms with Gasteiger partial charge < -0.3 is 14.6 Å². The van der Waals surface area contributed by atoms with Crippen molar-refractivity contribution < 1.29 is 19.4 Å². The van der Waals surface area contributed by atoms with E-state index in [0.717, 1.165) is 42.6 Å². The summed E-state index contributed by atoms with van der Waals surface area (Å²) < 4.78 is 10.9. The molecule has 1 saturated carbocycles. The summed E-state index contributed by atoms with van der Waals surface area (Å²) in [6, 6.07) is 3.69. The molecule has 0 amide bonds. The van der Waals surface area contributed by atoms with E-state index in [1.165, 1.54) is 0 Å². The van der Waals surface area contributed by atoms with Crippen LogP contribution in [0.1, 0.15) is 50.2 Å². The van der Waals surface area contributed by atoms with Crippen LogP contribution in [0.25, 0.3) is 0 Å². The van der Waals surface area contributed by atoms with Gasteiger partial charge in [0.05, 0.1) is 19.6 Å². The summed E-state index contributed by atoms with van der Waals surface area (Å²) in [5.41, 5.74) is 0.934. The van der Waals surface area contributed by atoms with Crippen molar-refractivity contribution in [2.75, 3.05) is 14.2 Å². The zero-order chi connectivity index (χ0) is 15.5. The molecule has 21 heavy (non-hydrogen) atoms. The Bertz CT molecular complexity index is 516. The van der Waals surface area contributed by atoms with Crippen LogP contribution in [0.2, 0.25) is 0 Å². The van der Waals surface area contributed by atoms with Gasteiger partial charge in [-0.1, -0.05) is 26.2 Å². The minimum absolute atomic E-state index is 0.664. The van der Waals surface area contributed by atoms with Crippen molar-refractivity contribution in [1.29, 1.82) is 0 Å². The molecule has 0 radical (unpaired) electrons. The van der Waals surface area contributed by atoms with Crippen LogP contribution in [0.5, 0.6) is 11.5 Å². The molecule has 0 atom stereocenters. The average Bonchev–Trinajstić information content (AvgIpc) is 2.53. The third kappa shape index (κ3) is 2.59. The minimum Gasteiger partial charge on any atom is -0.496 e. The van der Waals surface area contributed by atoms with Crippen molar-refractivity contribution >= 4 is 5.97 Å². The lowest BCUT2D eigenvalue weighted by Gasteiger charge is -2.36. The maximum absolute atomic E-state index is 12.1. The standard InChI is InChI=1S/C17H24O4/c1-4-12-13(20-2)8-9-14(21-3)15(12)17(16(18)19)10-6-5-7-11-17/h8-9H,4-7,10-11H2,1-3H3,(H,18,19). The van der Waals surface area contributed by atoms with Crippen LogP contribution in [-0.4, -0.2) is 25.3 Å². The van der Waals surface area contributed by atoms with Gasteiger partial charge in [-0.25, -0.2) is 0 Å². The maximum Gasteiger partial charge on any atom is 0.314 e. The van der Waals surface area contributed by atoms with Gasteiger partial charge in [0.15, 0.2) is 0 Å². The molecule has 1 aliphatic rings. The second kappa shape index (κ2) is 6.37. The van der Waals surface area contributed by atoms with Crippen LogP contribution in [0.4, 0.5) is 0 Å². The van der Waals surface area contributed by atoms with E-state index < -0.39 is 11.4 Å². The van der Waals surface area contributed by atoms with E-state index in [9.17, 15) is 9.90 Å². The fourth-order valence-electron chi connectivity index (χ4n) is 3.57. The van der Waals surface area contributed by atoms with E-state index in [2.05, 4.69) is 0 Å². The molecule has 0 heterocycles. The van der Waals surface area contributed by atoms with Crippen LogP contribution < -0.4 is 9.47 Å². The van der Waals surface area contributed by atoms with Crippen molar-refractivity contribution in [3.8, 4) is 11.5 Å². The van der Waals surface area contributed by atoms with Crippen LogP contribution in [-0.2, 0) is 16.6 Å². The van der Waals surface area contributed by atoms with Crippen LogP contribution in [0, 0.1) is 0 Å². The highest BCUT2D eigenvalue weighted by molar-refractivity contribution is 5.84. The molecule has 4 heteroatoms. The molecule has 0 aliphatic heterocycles. The number of aliphatic carboxylic acids is 1. The highest BCUT2D eigenvalue weighted by Gasteiger charge is 2.45. The van der Waals surface area contributed by atoms with E-state index >= 15 is 0 Å². The van der Waals surface area contributed by atoms with Crippen molar-refractivity contribution in [2.24, 2.45) is 0 Å². The van der Waals surface area contributed by atoms with Crippen molar-refractivity contribution in [2.45, 2.75) is 50.9 Å². The third-order valence-corrected chi connectivity index (χ3v) is 4.62. The first kappa shape index (κ1) is 15.7. The van der Waals surface area contributed by atoms with Gasteiger partial charge in [-0.3, -0.25) is 4.79 Å². The molecule has 116 valence electrons. The van der Waals surface area contributed by atoms with Gasteiger partial charge in [0, 0.05) is 11.1 Å². The summed E-state index contributed by atoms with van der Waals surface area (Å²) in [5.74, 6) is 0.667. The second-order valence-corrected chi connectivity index (χ2v) is 5.63. The number of rotatable bonds is 5. The first-order chi connectivity index (χ1) is 10.1. The Labute approximate surface area is 126 Å². The van der Waals surface area contributed by atoms with E-state index in [4.69, 9.17) is 9.47 Å². The summed E-state index contributed by atoms with van der Waals surface area (Å²) >= 11 is 0. The smallest absolute Gasteiger partial charge is 0.314 e. The Hall–Kier alpha value is -1.71. The Kier molecular flexibility index (Phi) is 4.76. The summed E-state index contributed by atoms with van der Waals surface area (Å²) in [7, 11) is 3.22. The van der Waals surface area contributed by atoms with Crippen molar-refractivity contribution in [3.63, 3.8) is 0 Å². The number of hydrogen-bond donors (Lipinski definition) is 1. The van der Waals surface area contributed by atoms with E-state index in [0.29, 0.717) is 18.6 Å². The quantitative estimate of drug-likeness (QED) is 0.901. The van der Waals surface area contributed by atoms with E-state index in [-0.39, 0.29) is 0 Å². The molecule has 0 aromatic heterocycles. The summed E-state index contributed by atoms with van der Waals surface area (Å²) in [6.45, 7) is 2.03. The fraction of sp³-hybridized carbons (Fsp3) is 0.588. The molecule has 0 saturated heterocycles. The molecule has 1 aromatic carbocycles. The number of benzene rings is 1. The molecular weight excluding hydrogens is 268 g/mol. The SMILES string of the molecule is CCc1c(OC)ccc(OC)c1C1(C(=O)O)CCCCC1. The Morgan fingerprint density at radius 2 is 1.71 bits per heavy atom.